The van der Waals surface area contributed by atoms with E-state index in [0.717, 1.165) is 25.2 Å². The number of Topliss-reactive ketones (excluding diaryl/α,β-unsaturated/α-hetero) is 1. The fourth-order valence-corrected chi connectivity index (χ4v) is 1.61. The molecule has 0 heterocycles. The Bertz CT molecular complexity index is 330. The van der Waals surface area contributed by atoms with E-state index in [2.05, 4.69) is 46.4 Å². The Morgan fingerprint density at radius 1 is 1.04 bits per heavy atom. The van der Waals surface area contributed by atoms with Gasteiger partial charge in [-0.25, -0.2) is 0 Å². The number of hydrogen-bond donors (Lipinski definition) is 0. The molecule has 0 unspecified atom stereocenters. The first-order valence-corrected chi connectivity index (χ1v) is 9.00. The minimum atomic E-state index is 0.167. The molecule has 0 amide bonds. The van der Waals surface area contributed by atoms with Crippen molar-refractivity contribution in [2.24, 2.45) is 5.92 Å². The summed E-state index contributed by atoms with van der Waals surface area (Å²) >= 11 is 0. The summed E-state index contributed by atoms with van der Waals surface area (Å²) in [7, 11) is 0. The van der Waals surface area contributed by atoms with E-state index < -0.39 is 0 Å². The van der Waals surface area contributed by atoms with Crippen LogP contribution >= 0.6 is 0 Å². The summed E-state index contributed by atoms with van der Waals surface area (Å²) in [6.45, 7) is 20.3. The van der Waals surface area contributed by atoms with Gasteiger partial charge in [0.05, 0.1) is 6.61 Å². The minimum Gasteiger partial charge on any atom is -0.493 e. The maximum atomic E-state index is 9.44. The van der Waals surface area contributed by atoms with Gasteiger partial charge in [0, 0.05) is 0 Å². The van der Waals surface area contributed by atoms with E-state index in [0.29, 0.717) is 5.92 Å². The van der Waals surface area contributed by atoms with Gasteiger partial charge in [0.2, 0.25) is 0 Å². The third-order valence-electron chi connectivity index (χ3n) is 3.00. The second-order valence-corrected chi connectivity index (χ2v) is 5.29. The quantitative estimate of drug-likeness (QED) is 0.262. The molecule has 0 saturated carbocycles. The summed E-state index contributed by atoms with van der Waals surface area (Å²) in [6.07, 6.45) is 10.5. The zero-order valence-electron chi connectivity index (χ0n) is 16.9. The second-order valence-electron chi connectivity index (χ2n) is 5.29. The van der Waals surface area contributed by atoms with Crippen LogP contribution in [0.25, 0.3) is 0 Å². The topological polar surface area (TPSA) is 26.3 Å². The molecule has 0 N–H and O–H groups in total. The van der Waals surface area contributed by atoms with Crippen LogP contribution in [0.4, 0.5) is 0 Å². The lowest BCUT2D eigenvalue weighted by molar-refractivity contribution is -0.114. The summed E-state index contributed by atoms with van der Waals surface area (Å²) in [5.74, 6) is 1.88. The summed E-state index contributed by atoms with van der Waals surface area (Å²) in [5, 5.41) is 0. The molecule has 0 aromatic carbocycles. The molecule has 0 radical (unpaired) electrons. The molecule has 0 aliphatic rings. The Hall–Kier alpha value is -1.31. The van der Waals surface area contributed by atoms with Gasteiger partial charge in [-0.2, -0.15) is 0 Å². The number of allylic oxidation sites excluding steroid dienone is 4. The van der Waals surface area contributed by atoms with E-state index >= 15 is 0 Å². The summed E-state index contributed by atoms with van der Waals surface area (Å²) < 4.78 is 5.94. The van der Waals surface area contributed by atoms with E-state index in [-0.39, 0.29) is 5.78 Å². The molecule has 23 heavy (non-hydrogen) atoms. The van der Waals surface area contributed by atoms with Crippen LogP contribution in [0.2, 0.25) is 0 Å². The number of carbonyl (C=O) groups excluding carboxylic acids is 1. The molecule has 0 aromatic heterocycles. The van der Waals surface area contributed by atoms with Gasteiger partial charge in [-0.05, 0) is 51.2 Å². The molecule has 0 aliphatic carbocycles. The van der Waals surface area contributed by atoms with Gasteiger partial charge in [-0.1, -0.05) is 59.6 Å². The van der Waals surface area contributed by atoms with Crippen LogP contribution in [-0.4, -0.2) is 12.4 Å². The predicted octanol–water partition coefficient (Wildman–Crippen LogP) is 6.88. The van der Waals surface area contributed by atoms with Crippen LogP contribution in [0.1, 0.15) is 81.1 Å². The van der Waals surface area contributed by atoms with Crippen molar-refractivity contribution in [3.63, 3.8) is 0 Å². The maximum Gasteiger partial charge on any atom is 0.126 e. The SMILES string of the molecule is C=CC/C=C(C)/C(=C\CC)OCC(CC)CC.CC.CC(C)=O. The van der Waals surface area contributed by atoms with E-state index in [4.69, 9.17) is 4.74 Å². The molecule has 0 bridgehead atoms. The second kappa shape index (κ2) is 20.7. The van der Waals surface area contributed by atoms with Gasteiger partial charge in [0.25, 0.3) is 0 Å². The van der Waals surface area contributed by atoms with Crippen molar-refractivity contribution >= 4 is 5.78 Å². The van der Waals surface area contributed by atoms with E-state index in [1.165, 1.54) is 32.3 Å². The van der Waals surface area contributed by atoms with Crippen molar-refractivity contribution in [2.75, 3.05) is 6.61 Å². The standard InChI is InChI=1S/C16H28O.C3H6O.C2H6/c1-6-10-12-14(5)16(11-7-2)17-13-15(8-3)9-4;1-3(2)4;1-2/h6,11-12,15H,1,7-10,13H2,2-5H3;1-2H3;1-2H3/b14-12+,16-11+;;. The van der Waals surface area contributed by atoms with Gasteiger partial charge in [-0.15, -0.1) is 6.58 Å². The first-order chi connectivity index (χ1) is 10.9. The van der Waals surface area contributed by atoms with Crippen LogP contribution in [-0.2, 0) is 9.53 Å². The molecule has 0 rings (SSSR count). The highest BCUT2D eigenvalue weighted by atomic mass is 16.5. The van der Waals surface area contributed by atoms with Gasteiger partial charge in [-0.3, -0.25) is 0 Å². The van der Waals surface area contributed by atoms with Crippen molar-refractivity contribution in [1.29, 1.82) is 0 Å². The Balaban J connectivity index is -0.000000574. The van der Waals surface area contributed by atoms with E-state index in [9.17, 15) is 4.79 Å². The number of ketones is 1. The average Bonchev–Trinajstić information content (AvgIpc) is 2.53. The molecular formula is C21H40O2. The third-order valence-corrected chi connectivity index (χ3v) is 3.00. The van der Waals surface area contributed by atoms with Crippen LogP contribution in [0.3, 0.4) is 0 Å². The van der Waals surface area contributed by atoms with Gasteiger partial charge in [0.1, 0.15) is 11.5 Å². The van der Waals surface area contributed by atoms with Crippen LogP contribution in [0, 0.1) is 5.92 Å². The lowest BCUT2D eigenvalue weighted by Crippen LogP contribution is -2.08. The Labute approximate surface area is 145 Å². The molecule has 0 spiro atoms. The first kappa shape index (κ1) is 26.6. The summed E-state index contributed by atoms with van der Waals surface area (Å²) in [4.78, 5) is 9.44. The molecule has 0 aliphatic heterocycles. The monoisotopic (exact) mass is 324 g/mol. The minimum absolute atomic E-state index is 0.167. The number of ether oxygens (including phenoxy) is 1. The largest absolute Gasteiger partial charge is 0.493 e. The van der Waals surface area contributed by atoms with Crippen molar-refractivity contribution in [3.05, 3.63) is 36.1 Å². The maximum absolute atomic E-state index is 9.44. The van der Waals surface area contributed by atoms with Crippen molar-refractivity contribution < 1.29 is 9.53 Å². The molecule has 2 nitrogen and oxygen atoms in total. The van der Waals surface area contributed by atoms with Crippen LogP contribution in [0.5, 0.6) is 0 Å². The van der Waals surface area contributed by atoms with Gasteiger partial charge < -0.3 is 9.53 Å². The zero-order chi connectivity index (χ0) is 18.7. The smallest absolute Gasteiger partial charge is 0.126 e. The van der Waals surface area contributed by atoms with E-state index in [1.54, 1.807) is 0 Å². The molecule has 0 fully saturated rings. The molecular weight excluding hydrogens is 284 g/mol. The lowest BCUT2D eigenvalue weighted by Gasteiger charge is -2.16. The summed E-state index contributed by atoms with van der Waals surface area (Å²) in [5.41, 5.74) is 1.22. The van der Waals surface area contributed by atoms with Gasteiger partial charge >= 0.3 is 0 Å². The average molecular weight is 325 g/mol. The molecule has 0 aromatic rings. The molecule has 2 heteroatoms. The number of hydrogen-bond acceptors (Lipinski definition) is 2. The normalized spacial score (nSPS) is 11.0. The molecule has 0 atom stereocenters. The van der Waals surface area contributed by atoms with Crippen LogP contribution in [0.15, 0.2) is 36.1 Å². The summed E-state index contributed by atoms with van der Waals surface area (Å²) in [6, 6.07) is 0. The zero-order valence-corrected chi connectivity index (χ0v) is 16.9. The number of rotatable bonds is 9. The Morgan fingerprint density at radius 2 is 1.52 bits per heavy atom. The number of carbonyl (C=O) groups is 1. The fraction of sp³-hybridized carbons (Fsp3) is 0.667. The highest BCUT2D eigenvalue weighted by Crippen LogP contribution is 2.17. The first-order valence-electron chi connectivity index (χ1n) is 9.00. The van der Waals surface area contributed by atoms with Crippen molar-refractivity contribution in [3.8, 4) is 0 Å². The lowest BCUT2D eigenvalue weighted by atomic mass is 10.1. The fourth-order valence-electron chi connectivity index (χ4n) is 1.61. The predicted molar refractivity (Wildman–Crippen MR) is 105 cm³/mol. The Kier molecular flexibility index (Phi) is 23.9. The Morgan fingerprint density at radius 3 is 1.87 bits per heavy atom. The molecule has 0 saturated heterocycles. The van der Waals surface area contributed by atoms with Crippen molar-refractivity contribution in [1.82, 2.24) is 0 Å². The molecule has 136 valence electrons. The highest BCUT2D eigenvalue weighted by Gasteiger charge is 2.06. The van der Waals surface area contributed by atoms with Crippen LogP contribution < -0.4 is 0 Å². The third kappa shape index (κ3) is 20.7. The van der Waals surface area contributed by atoms with Crippen molar-refractivity contribution in [2.45, 2.75) is 81.1 Å². The highest BCUT2D eigenvalue weighted by molar-refractivity contribution is 5.72. The van der Waals surface area contributed by atoms with E-state index in [1.807, 2.05) is 19.9 Å². The van der Waals surface area contributed by atoms with Gasteiger partial charge in [0.15, 0.2) is 0 Å².